The van der Waals surface area contributed by atoms with Gasteiger partial charge in [0, 0.05) is 19.7 Å². The molecule has 1 unspecified atom stereocenters. The van der Waals surface area contributed by atoms with Gasteiger partial charge in [0.1, 0.15) is 6.10 Å². The number of hydrogen-bond acceptors (Lipinski definition) is 3. The van der Waals surface area contributed by atoms with Gasteiger partial charge < -0.3 is 9.67 Å². The molecule has 4 heteroatoms. The van der Waals surface area contributed by atoms with Crippen molar-refractivity contribution < 1.29 is 5.11 Å². The van der Waals surface area contributed by atoms with E-state index in [-0.39, 0.29) is 0 Å². The summed E-state index contributed by atoms with van der Waals surface area (Å²) >= 11 is 1.65. The molecule has 3 nitrogen and oxygen atoms in total. The van der Waals surface area contributed by atoms with E-state index in [1.807, 2.05) is 34.6 Å². The predicted molar refractivity (Wildman–Crippen MR) is 56.2 cm³/mol. The van der Waals surface area contributed by atoms with Gasteiger partial charge >= 0.3 is 0 Å². The first-order valence-corrected chi connectivity index (χ1v) is 5.37. The molecule has 14 heavy (non-hydrogen) atoms. The van der Waals surface area contributed by atoms with Gasteiger partial charge in [-0.1, -0.05) is 0 Å². The van der Waals surface area contributed by atoms with Gasteiger partial charge in [-0.25, -0.2) is 4.98 Å². The van der Waals surface area contributed by atoms with Crippen LogP contribution >= 0.6 is 11.3 Å². The van der Waals surface area contributed by atoms with E-state index >= 15 is 0 Å². The summed E-state index contributed by atoms with van der Waals surface area (Å²) in [6.07, 6.45) is 3.69. The zero-order valence-electron chi connectivity index (χ0n) is 7.92. The van der Waals surface area contributed by atoms with E-state index in [2.05, 4.69) is 4.98 Å². The number of imidazole rings is 1. The van der Waals surface area contributed by atoms with Crippen LogP contribution in [0.2, 0.25) is 0 Å². The molecule has 0 aromatic carbocycles. The molecule has 0 radical (unpaired) electrons. The molecule has 1 N–H and O–H groups in total. The van der Waals surface area contributed by atoms with Gasteiger partial charge in [-0.2, -0.15) is 11.3 Å². The minimum absolute atomic E-state index is 0.495. The lowest BCUT2D eigenvalue weighted by atomic mass is 10.1. The van der Waals surface area contributed by atoms with Crippen LogP contribution < -0.4 is 0 Å². The fraction of sp³-hybridized carbons (Fsp3) is 0.300. The lowest BCUT2D eigenvalue weighted by Gasteiger charge is -2.05. The number of thiophene rings is 1. The van der Waals surface area contributed by atoms with Crippen molar-refractivity contribution in [2.24, 2.45) is 7.05 Å². The predicted octanol–water partition coefficient (Wildman–Crippen LogP) is 1.76. The largest absolute Gasteiger partial charge is 0.386 e. The first-order valence-electron chi connectivity index (χ1n) is 4.42. The van der Waals surface area contributed by atoms with Gasteiger partial charge in [0.2, 0.25) is 0 Å². The van der Waals surface area contributed by atoms with Crippen molar-refractivity contribution in [3.05, 3.63) is 40.6 Å². The zero-order chi connectivity index (χ0) is 9.97. The molecule has 0 saturated heterocycles. The van der Waals surface area contributed by atoms with Crippen molar-refractivity contribution in [1.82, 2.24) is 9.55 Å². The Bertz CT molecular complexity index is 394. The van der Waals surface area contributed by atoms with Crippen LogP contribution in [0.4, 0.5) is 0 Å². The fourth-order valence-corrected chi connectivity index (χ4v) is 2.02. The van der Waals surface area contributed by atoms with Gasteiger partial charge in [-0.05, 0) is 22.4 Å². The molecule has 0 aliphatic heterocycles. The maximum Gasteiger partial charge on any atom is 0.102 e. The van der Waals surface area contributed by atoms with Crippen molar-refractivity contribution in [1.29, 1.82) is 0 Å². The summed E-state index contributed by atoms with van der Waals surface area (Å²) in [6, 6.07) is 2.02. The van der Waals surface area contributed by atoms with Crippen molar-refractivity contribution in [3.8, 4) is 0 Å². The number of hydrogen-bond donors (Lipinski definition) is 1. The number of aromatic nitrogens is 2. The van der Waals surface area contributed by atoms with Crippen LogP contribution in [-0.2, 0) is 13.5 Å². The average Bonchev–Trinajstić information content (AvgIpc) is 2.75. The molecular weight excluding hydrogens is 196 g/mol. The van der Waals surface area contributed by atoms with Gasteiger partial charge in [-0.3, -0.25) is 0 Å². The molecule has 2 rings (SSSR count). The standard InChI is InChI=1S/C10H12N2OS/c1-12-5-9(11-7-12)10(13)4-8-2-3-14-6-8/h2-3,5-7,10,13H,4H2,1H3. The minimum atomic E-state index is -0.495. The topological polar surface area (TPSA) is 38.0 Å². The molecule has 0 aliphatic rings. The van der Waals surface area contributed by atoms with E-state index in [0.29, 0.717) is 6.42 Å². The van der Waals surface area contributed by atoms with Crippen molar-refractivity contribution >= 4 is 11.3 Å². The highest BCUT2D eigenvalue weighted by Gasteiger charge is 2.10. The molecule has 0 fully saturated rings. The number of aliphatic hydroxyl groups is 1. The third-order valence-electron chi connectivity index (χ3n) is 2.08. The maximum atomic E-state index is 9.83. The molecule has 2 aromatic heterocycles. The highest BCUT2D eigenvalue weighted by atomic mass is 32.1. The third kappa shape index (κ3) is 2.02. The van der Waals surface area contributed by atoms with E-state index in [4.69, 9.17) is 0 Å². The molecule has 0 bridgehead atoms. The summed E-state index contributed by atoms with van der Waals surface area (Å²) in [5.74, 6) is 0. The Hall–Kier alpha value is -1.13. The number of aliphatic hydroxyl groups excluding tert-OH is 1. The molecule has 1 atom stereocenters. The average molecular weight is 208 g/mol. The van der Waals surface area contributed by atoms with E-state index in [1.54, 1.807) is 17.7 Å². The summed E-state index contributed by atoms with van der Waals surface area (Å²) in [6.45, 7) is 0. The summed E-state index contributed by atoms with van der Waals surface area (Å²) in [4.78, 5) is 4.11. The van der Waals surface area contributed by atoms with Crippen molar-refractivity contribution in [2.45, 2.75) is 12.5 Å². The summed E-state index contributed by atoms with van der Waals surface area (Å²) in [5.41, 5.74) is 1.90. The monoisotopic (exact) mass is 208 g/mol. The van der Waals surface area contributed by atoms with Crippen molar-refractivity contribution in [3.63, 3.8) is 0 Å². The molecule has 2 heterocycles. The smallest absolute Gasteiger partial charge is 0.102 e. The Labute approximate surface area is 86.7 Å². The fourth-order valence-electron chi connectivity index (χ4n) is 1.34. The number of nitrogens with zero attached hydrogens (tertiary/aromatic N) is 2. The lowest BCUT2D eigenvalue weighted by molar-refractivity contribution is 0.174. The van der Waals surface area contributed by atoms with Crippen LogP contribution in [0.25, 0.3) is 0 Å². The SMILES string of the molecule is Cn1cnc(C(O)Cc2ccsc2)c1. The Morgan fingerprint density at radius 1 is 1.64 bits per heavy atom. The maximum absolute atomic E-state index is 9.83. The summed E-state index contributed by atoms with van der Waals surface area (Å²) in [5, 5.41) is 13.9. The first kappa shape index (κ1) is 9.43. The Kier molecular flexibility index (Phi) is 2.65. The number of rotatable bonds is 3. The Balaban J connectivity index is 2.06. The Morgan fingerprint density at radius 2 is 2.50 bits per heavy atom. The van der Waals surface area contributed by atoms with Gasteiger partial charge in [0.15, 0.2) is 0 Å². The summed E-state index contributed by atoms with van der Waals surface area (Å²) in [7, 11) is 1.90. The molecule has 2 aromatic rings. The van der Waals surface area contributed by atoms with Crippen molar-refractivity contribution in [2.75, 3.05) is 0 Å². The lowest BCUT2D eigenvalue weighted by Crippen LogP contribution is -2.01. The van der Waals surface area contributed by atoms with Crippen LogP contribution in [-0.4, -0.2) is 14.7 Å². The van der Waals surface area contributed by atoms with Crippen LogP contribution in [0, 0.1) is 0 Å². The van der Waals surface area contributed by atoms with Gasteiger partial charge in [0.25, 0.3) is 0 Å². The molecule has 74 valence electrons. The second-order valence-corrected chi connectivity index (χ2v) is 4.10. The highest BCUT2D eigenvalue weighted by Crippen LogP contribution is 2.17. The third-order valence-corrected chi connectivity index (χ3v) is 2.81. The second-order valence-electron chi connectivity index (χ2n) is 3.32. The molecular formula is C10H12N2OS. The Morgan fingerprint density at radius 3 is 3.07 bits per heavy atom. The summed E-state index contributed by atoms with van der Waals surface area (Å²) < 4.78 is 1.84. The molecule has 0 spiro atoms. The van der Waals surface area contributed by atoms with Crippen LogP contribution in [0.15, 0.2) is 29.4 Å². The van der Waals surface area contributed by atoms with Gasteiger partial charge in [0.05, 0.1) is 12.0 Å². The second kappa shape index (κ2) is 3.94. The quantitative estimate of drug-likeness (QED) is 0.834. The first-order chi connectivity index (χ1) is 6.75. The van der Waals surface area contributed by atoms with E-state index in [1.165, 1.54) is 0 Å². The normalized spacial score (nSPS) is 13.0. The van der Waals surface area contributed by atoms with E-state index in [0.717, 1.165) is 11.3 Å². The van der Waals surface area contributed by atoms with Crippen LogP contribution in [0.1, 0.15) is 17.4 Å². The van der Waals surface area contributed by atoms with Crippen LogP contribution in [0.3, 0.4) is 0 Å². The highest BCUT2D eigenvalue weighted by molar-refractivity contribution is 7.07. The number of aryl methyl sites for hydroxylation is 1. The minimum Gasteiger partial charge on any atom is -0.386 e. The van der Waals surface area contributed by atoms with E-state index in [9.17, 15) is 5.11 Å². The van der Waals surface area contributed by atoms with Gasteiger partial charge in [-0.15, -0.1) is 0 Å². The molecule has 0 aliphatic carbocycles. The van der Waals surface area contributed by atoms with Crippen LogP contribution in [0.5, 0.6) is 0 Å². The molecule has 0 saturated carbocycles. The zero-order valence-corrected chi connectivity index (χ0v) is 8.74. The molecule has 0 amide bonds. The van der Waals surface area contributed by atoms with E-state index < -0.39 is 6.10 Å².